The molecular weight excluding hydrogens is 267 g/mol. The van der Waals surface area contributed by atoms with Gasteiger partial charge in [-0.25, -0.2) is 0 Å². The van der Waals surface area contributed by atoms with E-state index in [1.165, 1.54) is 0 Å². The number of rotatable bonds is 4. The predicted molar refractivity (Wildman–Crippen MR) is 72.6 cm³/mol. The number of nitrogens with zero attached hydrogens (tertiary/aromatic N) is 2. The summed E-state index contributed by atoms with van der Waals surface area (Å²) >= 11 is 0. The van der Waals surface area contributed by atoms with Crippen molar-refractivity contribution < 1.29 is 13.2 Å². The number of halogens is 3. The van der Waals surface area contributed by atoms with Gasteiger partial charge in [0.05, 0.1) is 17.8 Å². The van der Waals surface area contributed by atoms with Crippen LogP contribution in [0, 0.1) is 5.92 Å². The zero-order valence-electron chi connectivity index (χ0n) is 11.6. The van der Waals surface area contributed by atoms with Crippen LogP contribution < -0.4 is 10.2 Å². The maximum Gasteiger partial charge on any atom is 0.391 e. The van der Waals surface area contributed by atoms with Gasteiger partial charge in [0, 0.05) is 25.8 Å². The van der Waals surface area contributed by atoms with Gasteiger partial charge in [-0.15, -0.1) is 0 Å². The van der Waals surface area contributed by atoms with Crippen molar-refractivity contribution in [2.24, 2.45) is 5.92 Å². The van der Waals surface area contributed by atoms with Crippen molar-refractivity contribution in [3.8, 4) is 0 Å². The number of pyridine rings is 1. The maximum atomic E-state index is 12.7. The number of hydrogen-bond donors (Lipinski definition) is 1. The molecular formula is C14H20F3N3. The molecule has 1 aromatic heterocycles. The van der Waals surface area contributed by atoms with E-state index in [0.717, 1.165) is 17.8 Å². The van der Waals surface area contributed by atoms with E-state index in [1.807, 2.05) is 17.9 Å². The van der Waals surface area contributed by atoms with Crippen molar-refractivity contribution in [1.29, 1.82) is 0 Å². The Bertz CT molecular complexity index is 426. The molecule has 20 heavy (non-hydrogen) atoms. The molecule has 1 N–H and O–H groups in total. The van der Waals surface area contributed by atoms with Crippen LogP contribution in [0.3, 0.4) is 0 Å². The largest absolute Gasteiger partial charge is 0.391 e. The molecule has 2 rings (SSSR count). The molecule has 1 aromatic rings. The molecule has 6 heteroatoms. The molecule has 1 aliphatic rings. The summed E-state index contributed by atoms with van der Waals surface area (Å²) in [6.07, 6.45) is -0.259. The molecule has 2 heterocycles. The summed E-state index contributed by atoms with van der Waals surface area (Å²) in [5, 5.41) is 3.24. The predicted octanol–water partition coefficient (Wildman–Crippen LogP) is 2.97. The molecule has 3 nitrogen and oxygen atoms in total. The lowest BCUT2D eigenvalue weighted by molar-refractivity contribution is -0.179. The second-order valence-electron chi connectivity index (χ2n) is 5.09. The highest BCUT2D eigenvalue weighted by molar-refractivity contribution is 5.52. The third kappa shape index (κ3) is 3.62. The monoisotopic (exact) mass is 287 g/mol. The number of alkyl halides is 3. The van der Waals surface area contributed by atoms with Crippen molar-refractivity contribution in [3.63, 3.8) is 0 Å². The number of nitrogens with one attached hydrogen (secondary N) is 1. The van der Waals surface area contributed by atoms with E-state index in [1.54, 1.807) is 12.4 Å². The molecule has 1 saturated heterocycles. The van der Waals surface area contributed by atoms with Gasteiger partial charge in [-0.3, -0.25) is 4.98 Å². The van der Waals surface area contributed by atoms with Gasteiger partial charge in [-0.1, -0.05) is 6.92 Å². The summed E-state index contributed by atoms with van der Waals surface area (Å²) < 4.78 is 38.0. The molecule has 0 saturated carbocycles. The Morgan fingerprint density at radius 1 is 1.35 bits per heavy atom. The van der Waals surface area contributed by atoms with Crippen LogP contribution >= 0.6 is 0 Å². The van der Waals surface area contributed by atoms with Crippen LogP contribution in [-0.4, -0.2) is 30.8 Å². The van der Waals surface area contributed by atoms with Crippen LogP contribution in [0.25, 0.3) is 0 Å². The van der Waals surface area contributed by atoms with E-state index >= 15 is 0 Å². The molecule has 0 aliphatic carbocycles. The van der Waals surface area contributed by atoms with Crippen LogP contribution in [0.1, 0.15) is 25.3 Å². The molecule has 0 unspecified atom stereocenters. The minimum Gasteiger partial charge on any atom is -0.370 e. The van der Waals surface area contributed by atoms with E-state index in [-0.39, 0.29) is 12.8 Å². The fourth-order valence-electron chi connectivity index (χ4n) is 2.56. The van der Waals surface area contributed by atoms with Crippen molar-refractivity contribution in [2.75, 3.05) is 24.5 Å². The summed E-state index contributed by atoms with van der Waals surface area (Å²) in [6, 6.07) is 1.92. The van der Waals surface area contributed by atoms with E-state index in [2.05, 4.69) is 10.3 Å². The third-order valence-electron chi connectivity index (χ3n) is 3.75. The van der Waals surface area contributed by atoms with E-state index in [4.69, 9.17) is 0 Å². The standard InChI is InChI=1S/C14H20F3N3/c1-2-18-9-11-3-6-19-10-13(11)20-7-4-12(5-8-20)14(15,16)17/h3,6,10,12,18H,2,4-5,7-9H2,1H3. The average molecular weight is 287 g/mol. The minimum absolute atomic E-state index is 0.166. The van der Waals surface area contributed by atoms with Crippen molar-refractivity contribution >= 4 is 5.69 Å². The van der Waals surface area contributed by atoms with Gasteiger partial charge in [-0.2, -0.15) is 13.2 Å². The second-order valence-corrected chi connectivity index (χ2v) is 5.09. The van der Waals surface area contributed by atoms with Gasteiger partial charge >= 0.3 is 6.18 Å². The Kier molecular flexibility index (Phi) is 4.86. The van der Waals surface area contributed by atoms with Gasteiger partial charge < -0.3 is 10.2 Å². The van der Waals surface area contributed by atoms with Crippen LogP contribution in [0.2, 0.25) is 0 Å². The summed E-state index contributed by atoms with van der Waals surface area (Å²) in [6.45, 7) is 4.48. The van der Waals surface area contributed by atoms with E-state index in [9.17, 15) is 13.2 Å². The van der Waals surface area contributed by atoms with E-state index in [0.29, 0.717) is 19.6 Å². The van der Waals surface area contributed by atoms with Crippen LogP contribution in [0.4, 0.5) is 18.9 Å². The molecule has 0 aromatic carbocycles. The fraction of sp³-hybridized carbons (Fsp3) is 0.643. The Morgan fingerprint density at radius 3 is 2.65 bits per heavy atom. The molecule has 0 spiro atoms. The molecule has 112 valence electrons. The van der Waals surface area contributed by atoms with Crippen LogP contribution in [0.15, 0.2) is 18.5 Å². The number of anilines is 1. The van der Waals surface area contributed by atoms with Crippen molar-refractivity contribution in [3.05, 3.63) is 24.0 Å². The topological polar surface area (TPSA) is 28.2 Å². The van der Waals surface area contributed by atoms with Crippen LogP contribution in [0.5, 0.6) is 0 Å². The molecule has 0 radical (unpaired) electrons. The lowest BCUT2D eigenvalue weighted by Gasteiger charge is -2.35. The molecule has 1 aliphatic heterocycles. The van der Waals surface area contributed by atoms with Crippen molar-refractivity contribution in [1.82, 2.24) is 10.3 Å². The van der Waals surface area contributed by atoms with Gasteiger partial charge in [0.2, 0.25) is 0 Å². The lowest BCUT2D eigenvalue weighted by Crippen LogP contribution is -2.39. The normalized spacial score (nSPS) is 17.5. The molecule has 0 amide bonds. The zero-order chi connectivity index (χ0) is 14.6. The first kappa shape index (κ1) is 15.1. The molecule has 0 bridgehead atoms. The summed E-state index contributed by atoms with van der Waals surface area (Å²) in [5.74, 6) is -1.16. The van der Waals surface area contributed by atoms with Gasteiger partial charge in [-0.05, 0) is 31.0 Å². The van der Waals surface area contributed by atoms with E-state index < -0.39 is 12.1 Å². The summed E-state index contributed by atoms with van der Waals surface area (Å²) in [4.78, 5) is 6.12. The fourth-order valence-corrected chi connectivity index (χ4v) is 2.56. The Labute approximate surface area is 117 Å². The first-order chi connectivity index (χ1) is 9.52. The Morgan fingerprint density at radius 2 is 2.05 bits per heavy atom. The van der Waals surface area contributed by atoms with Gasteiger partial charge in [0.15, 0.2) is 0 Å². The molecule has 0 atom stereocenters. The highest BCUT2D eigenvalue weighted by Crippen LogP contribution is 2.35. The zero-order valence-corrected chi connectivity index (χ0v) is 11.6. The number of hydrogen-bond acceptors (Lipinski definition) is 3. The highest BCUT2D eigenvalue weighted by atomic mass is 19.4. The second kappa shape index (κ2) is 6.43. The summed E-state index contributed by atoms with van der Waals surface area (Å²) in [5.41, 5.74) is 2.04. The number of piperidine rings is 1. The Hall–Kier alpha value is -1.30. The third-order valence-corrected chi connectivity index (χ3v) is 3.75. The number of aromatic nitrogens is 1. The Balaban J connectivity index is 2.03. The quantitative estimate of drug-likeness (QED) is 0.923. The first-order valence-electron chi connectivity index (χ1n) is 6.97. The van der Waals surface area contributed by atoms with Gasteiger partial charge in [0.1, 0.15) is 0 Å². The minimum atomic E-state index is -4.06. The maximum absolute atomic E-state index is 12.7. The lowest BCUT2D eigenvalue weighted by atomic mass is 9.95. The van der Waals surface area contributed by atoms with Crippen molar-refractivity contribution in [2.45, 2.75) is 32.5 Å². The smallest absolute Gasteiger partial charge is 0.370 e. The highest BCUT2D eigenvalue weighted by Gasteiger charge is 2.41. The van der Waals surface area contributed by atoms with Crippen LogP contribution in [-0.2, 0) is 6.54 Å². The molecule has 1 fully saturated rings. The summed E-state index contributed by atoms with van der Waals surface area (Å²) in [7, 11) is 0. The average Bonchev–Trinajstić information content (AvgIpc) is 2.45. The first-order valence-corrected chi connectivity index (χ1v) is 6.97. The SMILES string of the molecule is CCNCc1ccncc1N1CCC(C(F)(F)F)CC1. The van der Waals surface area contributed by atoms with Gasteiger partial charge in [0.25, 0.3) is 0 Å².